The van der Waals surface area contributed by atoms with Crippen LogP contribution in [0.25, 0.3) is 10.9 Å². The number of nitrogens with zero attached hydrogens (tertiary/aromatic N) is 8. The van der Waals surface area contributed by atoms with Gasteiger partial charge in [-0.1, -0.05) is 0 Å². The van der Waals surface area contributed by atoms with E-state index in [9.17, 15) is 10.1 Å². The molecule has 4 aromatic heterocycles. The molecule has 5 heterocycles. The second-order valence-electron chi connectivity index (χ2n) is 11.3. The van der Waals surface area contributed by atoms with E-state index in [0.29, 0.717) is 49.1 Å². The first-order valence-corrected chi connectivity index (χ1v) is 14.5. The van der Waals surface area contributed by atoms with Gasteiger partial charge in [-0.05, 0) is 50.5 Å². The topological polar surface area (TPSA) is 135 Å². The van der Waals surface area contributed by atoms with Gasteiger partial charge in [-0.3, -0.25) is 4.98 Å². The van der Waals surface area contributed by atoms with Gasteiger partial charge in [-0.15, -0.1) is 0 Å². The minimum atomic E-state index is -2.06. The van der Waals surface area contributed by atoms with Gasteiger partial charge in [0.25, 0.3) is 0 Å². The average molecular weight is 582 g/mol. The molecular formula is C28H32B2N8O5. The third-order valence-electron chi connectivity index (χ3n) is 7.93. The number of morpholine rings is 1. The molecule has 4 aromatic rings. The summed E-state index contributed by atoms with van der Waals surface area (Å²) >= 11 is 0. The monoisotopic (exact) mass is 582 g/mol. The maximum Gasteiger partial charge on any atom is 0.395 e. The molecule has 15 heteroatoms. The summed E-state index contributed by atoms with van der Waals surface area (Å²) in [6, 6.07) is 3.85. The first kappa shape index (κ1) is 29.0. The lowest BCUT2D eigenvalue weighted by Gasteiger charge is -2.31. The normalized spacial score (nSPS) is 19.6. The first-order valence-electron chi connectivity index (χ1n) is 14.5. The highest BCUT2D eigenvalue weighted by Crippen LogP contribution is 2.36. The predicted octanol–water partition coefficient (Wildman–Crippen LogP) is 3.44. The van der Waals surface area contributed by atoms with Crippen LogP contribution in [0.1, 0.15) is 57.2 Å². The summed E-state index contributed by atoms with van der Waals surface area (Å²) < 4.78 is 21.6. The largest absolute Gasteiger partial charge is 0.501 e. The molecule has 0 aromatic carbocycles. The van der Waals surface area contributed by atoms with Gasteiger partial charge in [-0.2, -0.15) is 9.67 Å². The summed E-state index contributed by atoms with van der Waals surface area (Å²) in [7, 11) is 12.7. The molecule has 0 N–H and O–H groups in total. The van der Waals surface area contributed by atoms with Crippen LogP contribution in [0, 0.1) is 10.1 Å². The van der Waals surface area contributed by atoms with Crippen LogP contribution in [-0.4, -0.2) is 82.3 Å². The number of ether oxygens (including phenoxy) is 3. The van der Waals surface area contributed by atoms with Crippen molar-refractivity contribution in [3.8, 4) is 11.6 Å². The smallest absolute Gasteiger partial charge is 0.395 e. The van der Waals surface area contributed by atoms with Crippen molar-refractivity contribution in [2.75, 3.05) is 31.2 Å². The molecule has 1 saturated carbocycles. The Labute approximate surface area is 251 Å². The van der Waals surface area contributed by atoms with Crippen molar-refractivity contribution in [1.82, 2.24) is 29.3 Å². The molecule has 0 unspecified atom stereocenters. The zero-order valence-electron chi connectivity index (χ0n) is 24.2. The highest BCUT2D eigenvalue weighted by molar-refractivity contribution is 6.39. The van der Waals surface area contributed by atoms with E-state index in [1.807, 2.05) is 32.4 Å². The number of hydrogen-bond acceptors (Lipinski definition) is 10. The zero-order valence-corrected chi connectivity index (χ0v) is 24.2. The Kier molecular flexibility index (Phi) is 7.99. The number of hydrogen-bond donors (Lipinski definition) is 0. The summed E-state index contributed by atoms with van der Waals surface area (Å²) in [5.41, 5.74) is 0.599. The maximum atomic E-state index is 11.7. The summed E-state index contributed by atoms with van der Waals surface area (Å²) in [6.07, 6.45) is 12.2. The standard InChI is InChI=1S/C28H32B2N8O5/c1-18(2)37-16-23(26(34-37)38(39)40)28(29,30)43-21-13-22-24(32-15-21)14-25(35-9-11-41-12-10-35)33-27(22)42-20-5-3-19(4-6-20)36-8-7-31-17-36/h7-8,13-20H,3-6,9-12H2,1-2H3. The molecule has 0 amide bonds. The van der Waals surface area contributed by atoms with Gasteiger partial charge in [0.1, 0.15) is 33.4 Å². The number of pyridine rings is 2. The minimum Gasteiger partial charge on any atom is -0.501 e. The van der Waals surface area contributed by atoms with E-state index in [4.69, 9.17) is 34.9 Å². The number of anilines is 1. The molecule has 220 valence electrons. The second-order valence-corrected chi connectivity index (χ2v) is 11.3. The van der Waals surface area contributed by atoms with Crippen molar-refractivity contribution in [3.63, 3.8) is 0 Å². The van der Waals surface area contributed by atoms with Crippen molar-refractivity contribution in [2.24, 2.45) is 0 Å². The molecule has 1 saturated heterocycles. The molecule has 13 nitrogen and oxygen atoms in total. The summed E-state index contributed by atoms with van der Waals surface area (Å²) in [5, 5.41) is 14.3. The Morgan fingerprint density at radius 2 is 1.93 bits per heavy atom. The van der Waals surface area contributed by atoms with E-state index in [2.05, 4.69) is 24.5 Å². The lowest BCUT2D eigenvalue weighted by atomic mass is 9.61. The van der Waals surface area contributed by atoms with Gasteiger partial charge in [0.2, 0.25) is 5.88 Å². The van der Waals surface area contributed by atoms with Gasteiger partial charge in [-0.25, -0.2) is 4.98 Å². The maximum absolute atomic E-state index is 11.7. The van der Waals surface area contributed by atoms with Crippen LogP contribution in [0.2, 0.25) is 0 Å². The summed E-state index contributed by atoms with van der Waals surface area (Å²) in [4.78, 5) is 27.0. The zero-order chi connectivity index (χ0) is 30.1. The molecule has 4 radical (unpaired) electrons. The van der Waals surface area contributed by atoms with Gasteiger partial charge >= 0.3 is 5.82 Å². The number of rotatable bonds is 9. The highest BCUT2D eigenvalue weighted by atomic mass is 16.6. The Balaban J connectivity index is 1.30. The van der Waals surface area contributed by atoms with E-state index >= 15 is 0 Å². The quantitative estimate of drug-likeness (QED) is 0.164. The van der Waals surface area contributed by atoms with Gasteiger partial charge < -0.3 is 33.8 Å². The van der Waals surface area contributed by atoms with Crippen LogP contribution in [0.5, 0.6) is 11.6 Å². The second kappa shape index (κ2) is 11.9. The fraction of sp³-hybridized carbons (Fsp3) is 0.500. The molecule has 1 aliphatic carbocycles. The predicted molar refractivity (Wildman–Crippen MR) is 160 cm³/mol. The van der Waals surface area contributed by atoms with E-state index in [0.717, 1.165) is 31.5 Å². The van der Waals surface area contributed by atoms with Crippen molar-refractivity contribution in [1.29, 1.82) is 0 Å². The summed E-state index contributed by atoms with van der Waals surface area (Å²) in [5.74, 6) is 0.919. The molecular weight excluding hydrogens is 550 g/mol. The fourth-order valence-corrected chi connectivity index (χ4v) is 5.57. The number of aromatic nitrogens is 6. The third-order valence-corrected chi connectivity index (χ3v) is 7.93. The fourth-order valence-electron chi connectivity index (χ4n) is 5.57. The third kappa shape index (κ3) is 6.17. The first-order chi connectivity index (χ1) is 20.7. The highest BCUT2D eigenvalue weighted by Gasteiger charge is 2.35. The Morgan fingerprint density at radius 1 is 1.16 bits per heavy atom. The molecule has 6 rings (SSSR count). The van der Waals surface area contributed by atoms with Crippen LogP contribution < -0.4 is 14.4 Å². The minimum absolute atomic E-state index is 0.0346. The molecule has 2 aliphatic rings. The Bertz CT molecular complexity index is 1580. The average Bonchev–Trinajstić information content (AvgIpc) is 3.70. The van der Waals surface area contributed by atoms with Crippen molar-refractivity contribution < 1.29 is 19.1 Å². The van der Waals surface area contributed by atoms with E-state index < -0.39 is 16.1 Å². The van der Waals surface area contributed by atoms with Gasteiger partial charge in [0, 0.05) is 37.6 Å². The molecule has 2 fully saturated rings. The number of imidazole rings is 1. The van der Waals surface area contributed by atoms with Gasteiger partial charge in [0.05, 0.1) is 64.9 Å². The molecule has 1 aliphatic heterocycles. The van der Waals surface area contributed by atoms with Gasteiger partial charge in [0.15, 0.2) is 0 Å². The van der Waals surface area contributed by atoms with E-state index in [1.165, 1.54) is 17.1 Å². The number of fused-ring (bicyclic) bond motifs is 1. The molecule has 0 bridgehead atoms. The van der Waals surface area contributed by atoms with Crippen LogP contribution in [0.15, 0.2) is 43.2 Å². The van der Waals surface area contributed by atoms with E-state index in [-0.39, 0.29) is 23.5 Å². The molecule has 0 atom stereocenters. The van der Waals surface area contributed by atoms with Crippen LogP contribution in [0.4, 0.5) is 11.6 Å². The summed E-state index contributed by atoms with van der Waals surface area (Å²) in [6.45, 7) is 6.33. The van der Waals surface area contributed by atoms with Crippen molar-refractivity contribution >= 4 is 38.2 Å². The van der Waals surface area contributed by atoms with E-state index in [1.54, 1.807) is 12.3 Å². The lowest BCUT2D eigenvalue weighted by Crippen LogP contribution is -2.37. The molecule has 43 heavy (non-hydrogen) atoms. The van der Waals surface area contributed by atoms with Crippen molar-refractivity contribution in [2.45, 2.75) is 63.1 Å². The van der Waals surface area contributed by atoms with Crippen LogP contribution in [-0.2, 0) is 10.1 Å². The SMILES string of the molecule is [B]C([B])(Oc1cnc2cc(N3CCOCC3)nc(OC3CCC(n4ccnc4)CC3)c2c1)c1cn(C(C)C)nc1[N+](=O)[O-]. The Hall–Kier alpha value is -4.13. The van der Waals surface area contributed by atoms with Crippen molar-refractivity contribution in [3.05, 3.63) is 58.9 Å². The van der Waals surface area contributed by atoms with Crippen LogP contribution in [0.3, 0.4) is 0 Å². The lowest BCUT2D eigenvalue weighted by molar-refractivity contribution is -0.391. The number of nitro groups is 1. The molecule has 0 spiro atoms. The van der Waals surface area contributed by atoms with Crippen LogP contribution >= 0.6 is 0 Å². The Morgan fingerprint density at radius 3 is 2.60 bits per heavy atom.